The van der Waals surface area contributed by atoms with Crippen molar-refractivity contribution in [2.75, 3.05) is 6.54 Å². The van der Waals surface area contributed by atoms with Gasteiger partial charge in [0, 0.05) is 13.0 Å². The summed E-state index contributed by atoms with van der Waals surface area (Å²) in [5, 5.41) is 9.33. The lowest BCUT2D eigenvalue weighted by Gasteiger charge is -2.37. The molecule has 0 aliphatic rings. The fraction of sp³-hybridized carbons (Fsp3) is 0.538. The van der Waals surface area contributed by atoms with Crippen molar-refractivity contribution in [2.45, 2.75) is 32.9 Å². The van der Waals surface area contributed by atoms with Crippen molar-refractivity contribution in [1.82, 2.24) is 0 Å². The van der Waals surface area contributed by atoms with Crippen molar-refractivity contribution in [3.63, 3.8) is 0 Å². The second-order valence-corrected chi connectivity index (χ2v) is 5.27. The van der Waals surface area contributed by atoms with E-state index in [-0.39, 0.29) is 18.7 Å². The van der Waals surface area contributed by atoms with Gasteiger partial charge in [0.15, 0.2) is 0 Å². The number of phenolic OH excluding ortho intramolecular Hbond substituents is 1. The minimum atomic E-state index is -1.46. The van der Waals surface area contributed by atoms with Gasteiger partial charge in [0.05, 0.1) is 0 Å². The first-order chi connectivity index (χ1) is 7.28. The van der Waals surface area contributed by atoms with Crippen LogP contribution in [0.5, 0.6) is 5.75 Å². The predicted molar refractivity (Wildman–Crippen MR) is 64.2 cm³/mol. The highest BCUT2D eigenvalue weighted by Gasteiger charge is 2.41. The number of nitrogens with two attached hydrogens (primary N) is 1. The zero-order valence-corrected chi connectivity index (χ0v) is 10.1. The van der Waals surface area contributed by atoms with E-state index < -0.39 is 11.1 Å². The molecule has 0 saturated heterocycles. The summed E-state index contributed by atoms with van der Waals surface area (Å²) in [5.41, 5.74) is 4.33. The predicted octanol–water partition coefficient (Wildman–Crippen LogP) is 2.65. The molecule has 1 aromatic carbocycles. The molecule has 1 aromatic rings. The smallest absolute Gasteiger partial charge is 0.132 e. The molecule has 1 unspecified atom stereocenters. The summed E-state index contributed by atoms with van der Waals surface area (Å²) in [6.07, 6.45) is 0.224. The molecule has 2 nitrogen and oxygen atoms in total. The van der Waals surface area contributed by atoms with Gasteiger partial charge >= 0.3 is 0 Å². The van der Waals surface area contributed by atoms with Gasteiger partial charge in [-0.3, -0.25) is 0 Å². The Morgan fingerprint density at radius 1 is 1.31 bits per heavy atom. The topological polar surface area (TPSA) is 46.2 Å². The van der Waals surface area contributed by atoms with Gasteiger partial charge in [0.25, 0.3) is 0 Å². The van der Waals surface area contributed by atoms with Gasteiger partial charge in [-0.1, -0.05) is 32.9 Å². The third-order valence-corrected chi connectivity index (χ3v) is 3.06. The lowest BCUT2D eigenvalue weighted by atomic mass is 9.74. The van der Waals surface area contributed by atoms with Gasteiger partial charge < -0.3 is 10.8 Å². The van der Waals surface area contributed by atoms with E-state index in [4.69, 9.17) is 5.73 Å². The molecule has 0 bridgehead atoms. The number of halogens is 1. The summed E-state index contributed by atoms with van der Waals surface area (Å²) in [6.45, 7) is 5.49. The van der Waals surface area contributed by atoms with E-state index in [1.807, 2.05) is 20.8 Å². The normalized spacial score (nSPS) is 15.8. The average molecular weight is 225 g/mol. The number of aromatic hydroxyl groups is 1. The summed E-state index contributed by atoms with van der Waals surface area (Å²) in [4.78, 5) is 0. The van der Waals surface area contributed by atoms with E-state index in [1.165, 1.54) is 0 Å². The number of rotatable bonds is 3. The Morgan fingerprint density at radius 3 is 2.38 bits per heavy atom. The van der Waals surface area contributed by atoms with Crippen LogP contribution < -0.4 is 5.73 Å². The second-order valence-electron chi connectivity index (χ2n) is 5.27. The van der Waals surface area contributed by atoms with Gasteiger partial charge in [0.2, 0.25) is 0 Å². The molecule has 0 aromatic heterocycles. The van der Waals surface area contributed by atoms with Crippen LogP contribution in [-0.4, -0.2) is 17.3 Å². The Morgan fingerprint density at radius 2 is 1.94 bits per heavy atom. The van der Waals surface area contributed by atoms with Gasteiger partial charge in [-0.05, 0) is 23.1 Å². The zero-order valence-electron chi connectivity index (χ0n) is 10.1. The van der Waals surface area contributed by atoms with Crippen LogP contribution >= 0.6 is 0 Å². The molecular formula is C13H20FNO. The Balaban J connectivity index is 2.94. The molecule has 0 saturated carbocycles. The fourth-order valence-electron chi connectivity index (χ4n) is 1.63. The van der Waals surface area contributed by atoms with Crippen molar-refractivity contribution in [3.05, 3.63) is 29.8 Å². The molecule has 0 radical (unpaired) electrons. The van der Waals surface area contributed by atoms with Crippen molar-refractivity contribution < 1.29 is 9.50 Å². The van der Waals surface area contributed by atoms with Crippen LogP contribution in [0.25, 0.3) is 0 Å². The van der Waals surface area contributed by atoms with Gasteiger partial charge in [-0.2, -0.15) is 0 Å². The summed E-state index contributed by atoms with van der Waals surface area (Å²) in [6, 6.07) is 6.67. The summed E-state index contributed by atoms with van der Waals surface area (Å²) in [5.74, 6) is 0.158. The lowest BCUT2D eigenvalue weighted by Crippen LogP contribution is -2.47. The number of hydrogen-bond donors (Lipinski definition) is 2. The highest BCUT2D eigenvalue weighted by atomic mass is 19.1. The van der Waals surface area contributed by atoms with Gasteiger partial charge in [0.1, 0.15) is 11.4 Å². The minimum absolute atomic E-state index is 0.0217. The van der Waals surface area contributed by atoms with Crippen LogP contribution in [0, 0.1) is 5.41 Å². The Bertz CT molecular complexity index is 359. The second kappa shape index (κ2) is 4.42. The summed E-state index contributed by atoms with van der Waals surface area (Å²) < 4.78 is 14.6. The van der Waals surface area contributed by atoms with Crippen LogP contribution in [0.15, 0.2) is 24.3 Å². The van der Waals surface area contributed by atoms with E-state index in [0.29, 0.717) is 0 Å². The SMILES string of the molecule is CC(C)(C)C(F)(CN)Cc1cccc(O)c1. The highest BCUT2D eigenvalue weighted by molar-refractivity contribution is 5.28. The quantitative estimate of drug-likeness (QED) is 0.830. The third kappa shape index (κ3) is 2.73. The molecule has 0 amide bonds. The van der Waals surface area contributed by atoms with Crippen LogP contribution in [0.2, 0.25) is 0 Å². The van der Waals surface area contributed by atoms with Crippen LogP contribution in [0.3, 0.4) is 0 Å². The van der Waals surface area contributed by atoms with Crippen molar-refractivity contribution in [2.24, 2.45) is 11.1 Å². The van der Waals surface area contributed by atoms with Crippen LogP contribution in [0.4, 0.5) is 4.39 Å². The third-order valence-electron chi connectivity index (χ3n) is 3.06. The molecular weight excluding hydrogens is 205 g/mol. The van der Waals surface area contributed by atoms with E-state index >= 15 is 0 Å². The molecule has 0 spiro atoms. The molecule has 0 aliphatic heterocycles. The Kier molecular flexibility index (Phi) is 3.58. The maximum absolute atomic E-state index is 14.6. The Labute approximate surface area is 96.3 Å². The molecule has 1 rings (SSSR count). The van der Waals surface area contributed by atoms with E-state index in [1.54, 1.807) is 24.3 Å². The van der Waals surface area contributed by atoms with E-state index in [0.717, 1.165) is 5.56 Å². The van der Waals surface area contributed by atoms with E-state index in [9.17, 15) is 9.50 Å². The average Bonchev–Trinajstić information content (AvgIpc) is 2.15. The number of hydrogen-bond acceptors (Lipinski definition) is 2. The Hall–Kier alpha value is -1.09. The van der Waals surface area contributed by atoms with Crippen molar-refractivity contribution >= 4 is 0 Å². The molecule has 90 valence electrons. The number of alkyl halides is 1. The zero-order chi connectivity index (χ0) is 12.4. The van der Waals surface area contributed by atoms with Crippen LogP contribution in [0.1, 0.15) is 26.3 Å². The largest absolute Gasteiger partial charge is 0.508 e. The number of benzene rings is 1. The monoisotopic (exact) mass is 225 g/mol. The van der Waals surface area contributed by atoms with Crippen LogP contribution in [-0.2, 0) is 6.42 Å². The first-order valence-electron chi connectivity index (χ1n) is 5.45. The van der Waals surface area contributed by atoms with E-state index in [2.05, 4.69) is 0 Å². The van der Waals surface area contributed by atoms with Crippen molar-refractivity contribution in [1.29, 1.82) is 0 Å². The van der Waals surface area contributed by atoms with Gasteiger partial charge in [-0.15, -0.1) is 0 Å². The lowest BCUT2D eigenvalue weighted by molar-refractivity contribution is 0.0382. The maximum atomic E-state index is 14.6. The first kappa shape index (κ1) is 13.0. The molecule has 3 heteroatoms. The molecule has 1 atom stereocenters. The first-order valence-corrected chi connectivity index (χ1v) is 5.45. The number of phenols is 1. The minimum Gasteiger partial charge on any atom is -0.508 e. The summed E-state index contributed by atoms with van der Waals surface area (Å²) >= 11 is 0. The maximum Gasteiger partial charge on any atom is 0.132 e. The molecule has 0 heterocycles. The fourth-order valence-corrected chi connectivity index (χ4v) is 1.63. The summed E-state index contributed by atoms with van der Waals surface area (Å²) in [7, 11) is 0. The molecule has 16 heavy (non-hydrogen) atoms. The standard InChI is InChI=1S/C13H20FNO/c1-12(2,3)13(14,9-15)8-10-5-4-6-11(16)7-10/h4-7,16H,8-9,15H2,1-3H3. The molecule has 3 N–H and O–H groups in total. The molecule has 0 fully saturated rings. The highest BCUT2D eigenvalue weighted by Crippen LogP contribution is 2.36. The van der Waals surface area contributed by atoms with Crippen molar-refractivity contribution in [3.8, 4) is 5.75 Å². The van der Waals surface area contributed by atoms with Gasteiger partial charge in [-0.25, -0.2) is 4.39 Å². The molecule has 0 aliphatic carbocycles.